The van der Waals surface area contributed by atoms with Gasteiger partial charge >= 0.3 is 0 Å². The van der Waals surface area contributed by atoms with Crippen LogP contribution >= 0.6 is 11.8 Å². The number of aromatic nitrogens is 6. The van der Waals surface area contributed by atoms with E-state index in [1.165, 1.54) is 5.56 Å². The highest BCUT2D eigenvalue weighted by Crippen LogP contribution is 2.32. The number of H-pyrrole nitrogens is 1. The van der Waals surface area contributed by atoms with E-state index in [2.05, 4.69) is 76.9 Å². The number of aromatic amines is 1. The van der Waals surface area contributed by atoms with Crippen molar-refractivity contribution in [3.63, 3.8) is 0 Å². The first-order valence-electron chi connectivity index (χ1n) is 10.5. The number of rotatable bonds is 6. The highest BCUT2D eigenvalue weighted by atomic mass is 32.2. The molecule has 7 heteroatoms. The number of hydrogen-bond donors (Lipinski definition) is 1. The molecule has 0 aliphatic heterocycles. The van der Waals surface area contributed by atoms with Crippen LogP contribution in [0.3, 0.4) is 0 Å². The van der Waals surface area contributed by atoms with Crippen molar-refractivity contribution < 1.29 is 0 Å². The summed E-state index contributed by atoms with van der Waals surface area (Å²) >= 11 is 1.75. The molecule has 32 heavy (non-hydrogen) atoms. The second-order valence-corrected chi connectivity index (χ2v) is 8.79. The molecule has 0 saturated heterocycles. The van der Waals surface area contributed by atoms with Gasteiger partial charge in [-0.15, -0.1) is 22.0 Å². The first-order valence-corrected chi connectivity index (χ1v) is 11.5. The van der Waals surface area contributed by atoms with Crippen LogP contribution in [-0.4, -0.2) is 30.6 Å². The fourth-order valence-electron chi connectivity index (χ4n) is 3.57. The van der Waals surface area contributed by atoms with Crippen molar-refractivity contribution in [1.29, 1.82) is 0 Å². The van der Waals surface area contributed by atoms with E-state index in [1.807, 2.05) is 30.3 Å². The summed E-state index contributed by atoms with van der Waals surface area (Å²) in [6.07, 6.45) is 0. The Morgan fingerprint density at radius 2 is 1.59 bits per heavy atom. The van der Waals surface area contributed by atoms with Crippen molar-refractivity contribution >= 4 is 22.7 Å². The molecule has 1 N–H and O–H groups in total. The van der Waals surface area contributed by atoms with Gasteiger partial charge in [-0.25, -0.2) is 9.97 Å². The van der Waals surface area contributed by atoms with Crippen molar-refractivity contribution in [1.82, 2.24) is 30.6 Å². The van der Waals surface area contributed by atoms with E-state index in [0.29, 0.717) is 5.82 Å². The van der Waals surface area contributed by atoms with Crippen molar-refractivity contribution in [2.75, 3.05) is 0 Å². The zero-order chi connectivity index (χ0) is 21.9. The van der Waals surface area contributed by atoms with Crippen LogP contribution in [0.4, 0.5) is 0 Å². The van der Waals surface area contributed by atoms with Crippen LogP contribution in [0.25, 0.3) is 33.4 Å². The number of tetrazole rings is 1. The summed E-state index contributed by atoms with van der Waals surface area (Å²) in [5, 5.41) is 16.6. The molecular formula is C25H22N6S. The van der Waals surface area contributed by atoms with E-state index in [1.54, 1.807) is 11.8 Å². The van der Waals surface area contributed by atoms with Crippen LogP contribution in [-0.2, 0) is 5.75 Å². The molecule has 158 valence electrons. The lowest BCUT2D eigenvalue weighted by molar-refractivity contribution is 0.766. The SMILES string of the molecule is CC(C)c1nc(SCc2ccc(-c3ccccc3-c3nn[nH]n3)cc2)c2ccccc2n1. The average molecular weight is 439 g/mol. The van der Waals surface area contributed by atoms with E-state index in [-0.39, 0.29) is 5.92 Å². The Morgan fingerprint density at radius 3 is 2.34 bits per heavy atom. The molecule has 0 aliphatic rings. The number of benzene rings is 3. The molecule has 0 atom stereocenters. The van der Waals surface area contributed by atoms with E-state index in [0.717, 1.165) is 44.2 Å². The number of nitrogens with zero attached hydrogens (tertiary/aromatic N) is 5. The van der Waals surface area contributed by atoms with Crippen molar-refractivity contribution in [3.8, 4) is 22.5 Å². The van der Waals surface area contributed by atoms with Gasteiger partial charge in [0.1, 0.15) is 10.9 Å². The molecule has 0 saturated carbocycles. The number of hydrogen-bond acceptors (Lipinski definition) is 6. The molecule has 5 aromatic rings. The van der Waals surface area contributed by atoms with Gasteiger partial charge < -0.3 is 0 Å². The lowest BCUT2D eigenvalue weighted by Gasteiger charge is -2.11. The maximum Gasteiger partial charge on any atom is 0.205 e. The third-order valence-corrected chi connectivity index (χ3v) is 6.32. The van der Waals surface area contributed by atoms with Crippen LogP contribution in [0, 0.1) is 0 Å². The molecule has 0 aliphatic carbocycles. The highest BCUT2D eigenvalue weighted by molar-refractivity contribution is 7.98. The summed E-state index contributed by atoms with van der Waals surface area (Å²) in [5.74, 6) is 2.61. The number of thioether (sulfide) groups is 1. The van der Waals surface area contributed by atoms with Gasteiger partial charge in [-0.2, -0.15) is 5.21 Å². The minimum absolute atomic E-state index is 0.289. The van der Waals surface area contributed by atoms with E-state index >= 15 is 0 Å². The minimum Gasteiger partial charge on any atom is -0.233 e. The van der Waals surface area contributed by atoms with Crippen LogP contribution in [0.5, 0.6) is 0 Å². The first kappa shape index (κ1) is 20.3. The zero-order valence-electron chi connectivity index (χ0n) is 17.9. The van der Waals surface area contributed by atoms with Crippen LogP contribution < -0.4 is 0 Å². The van der Waals surface area contributed by atoms with Crippen molar-refractivity contribution in [3.05, 3.63) is 84.2 Å². The third kappa shape index (κ3) is 4.11. The first-order chi connectivity index (χ1) is 15.7. The molecule has 0 radical (unpaired) electrons. The van der Waals surface area contributed by atoms with Crippen molar-refractivity contribution in [2.45, 2.75) is 30.5 Å². The van der Waals surface area contributed by atoms with Gasteiger partial charge in [-0.05, 0) is 28.0 Å². The smallest absolute Gasteiger partial charge is 0.205 e. The Labute approximate surface area is 190 Å². The van der Waals surface area contributed by atoms with Crippen LogP contribution in [0.1, 0.15) is 31.2 Å². The molecule has 0 spiro atoms. The maximum atomic E-state index is 4.85. The Balaban J connectivity index is 1.39. The summed E-state index contributed by atoms with van der Waals surface area (Å²) in [6, 6.07) is 24.9. The second kappa shape index (κ2) is 8.88. The molecule has 0 unspecified atom stereocenters. The summed E-state index contributed by atoms with van der Waals surface area (Å²) < 4.78 is 0. The Hall–Kier alpha value is -3.58. The molecule has 2 heterocycles. The lowest BCUT2D eigenvalue weighted by atomic mass is 9.98. The topological polar surface area (TPSA) is 80.2 Å². The summed E-state index contributed by atoms with van der Waals surface area (Å²) in [4.78, 5) is 9.57. The van der Waals surface area contributed by atoms with Gasteiger partial charge in [-0.3, -0.25) is 0 Å². The Bertz CT molecular complexity index is 1350. The molecular weight excluding hydrogens is 416 g/mol. The summed E-state index contributed by atoms with van der Waals surface area (Å²) in [6.45, 7) is 4.26. The predicted molar refractivity (Wildman–Crippen MR) is 128 cm³/mol. The number of para-hydroxylation sites is 1. The Morgan fingerprint density at radius 1 is 0.844 bits per heavy atom. The van der Waals surface area contributed by atoms with Crippen molar-refractivity contribution in [2.24, 2.45) is 0 Å². The lowest BCUT2D eigenvalue weighted by Crippen LogP contribution is -2.00. The largest absolute Gasteiger partial charge is 0.233 e. The molecule has 3 aromatic carbocycles. The van der Waals surface area contributed by atoms with Gasteiger partial charge in [0.2, 0.25) is 5.82 Å². The second-order valence-electron chi connectivity index (χ2n) is 7.83. The zero-order valence-corrected chi connectivity index (χ0v) is 18.7. The molecule has 6 nitrogen and oxygen atoms in total. The van der Waals surface area contributed by atoms with E-state index in [4.69, 9.17) is 9.97 Å². The maximum absolute atomic E-state index is 4.85. The monoisotopic (exact) mass is 438 g/mol. The molecule has 2 aromatic heterocycles. The van der Waals surface area contributed by atoms with Crippen LogP contribution in [0.15, 0.2) is 77.8 Å². The van der Waals surface area contributed by atoms with Crippen LogP contribution in [0.2, 0.25) is 0 Å². The average Bonchev–Trinajstić information content (AvgIpc) is 3.37. The summed E-state index contributed by atoms with van der Waals surface area (Å²) in [7, 11) is 0. The molecule has 0 amide bonds. The van der Waals surface area contributed by atoms with Gasteiger partial charge in [-0.1, -0.05) is 80.6 Å². The highest BCUT2D eigenvalue weighted by Gasteiger charge is 2.12. The number of nitrogens with one attached hydrogen (secondary N) is 1. The quantitative estimate of drug-likeness (QED) is 0.263. The number of fused-ring (bicyclic) bond motifs is 1. The third-order valence-electron chi connectivity index (χ3n) is 5.26. The predicted octanol–water partition coefficient (Wildman–Crippen LogP) is 5.89. The minimum atomic E-state index is 0.289. The van der Waals surface area contributed by atoms with Gasteiger partial charge in [0.15, 0.2) is 0 Å². The normalized spacial score (nSPS) is 11.3. The van der Waals surface area contributed by atoms with Gasteiger partial charge in [0.25, 0.3) is 0 Å². The van der Waals surface area contributed by atoms with E-state index < -0.39 is 0 Å². The van der Waals surface area contributed by atoms with Gasteiger partial charge in [0, 0.05) is 22.6 Å². The van der Waals surface area contributed by atoms with E-state index in [9.17, 15) is 0 Å². The Kier molecular flexibility index (Phi) is 5.64. The molecule has 0 fully saturated rings. The molecule has 5 rings (SSSR count). The fourth-order valence-corrected chi connectivity index (χ4v) is 4.55. The fraction of sp³-hybridized carbons (Fsp3) is 0.160. The summed E-state index contributed by atoms with van der Waals surface area (Å²) in [5.41, 5.74) is 5.40. The standard InChI is InChI=1S/C25H22N6S/c1-16(2)23-26-22-10-6-5-9-21(22)25(27-23)32-15-17-11-13-18(14-12-17)19-7-3-4-8-20(19)24-28-30-31-29-24/h3-14,16H,15H2,1-2H3,(H,28,29,30,31). The molecule has 0 bridgehead atoms. The van der Waals surface area contributed by atoms with Gasteiger partial charge in [0.05, 0.1) is 5.52 Å².